The van der Waals surface area contributed by atoms with Gasteiger partial charge in [-0.25, -0.2) is 4.79 Å². The van der Waals surface area contributed by atoms with Gasteiger partial charge < -0.3 is 14.0 Å². The van der Waals surface area contributed by atoms with Crippen molar-refractivity contribution in [2.24, 2.45) is 0 Å². The Morgan fingerprint density at radius 3 is 2.04 bits per heavy atom. The average molecular weight is 342 g/mol. The Morgan fingerprint density at radius 1 is 0.960 bits per heavy atom. The maximum absolute atomic E-state index is 11.2. The highest BCUT2D eigenvalue weighted by Gasteiger charge is 2.25. The second-order valence-corrected chi connectivity index (χ2v) is 6.00. The van der Waals surface area contributed by atoms with E-state index in [4.69, 9.17) is 9.31 Å². The lowest BCUT2D eigenvalue weighted by molar-refractivity contribution is -0.134. The molecule has 0 N–H and O–H groups in total. The van der Waals surface area contributed by atoms with E-state index in [-0.39, 0.29) is 12.2 Å². The number of hydrogen-bond acceptors (Lipinski definition) is 4. The van der Waals surface area contributed by atoms with Crippen molar-refractivity contribution in [3.8, 4) is 0 Å². The van der Waals surface area contributed by atoms with E-state index in [1.54, 1.807) is 12.2 Å². The number of ether oxygens (including phenoxy) is 1. The number of esters is 1. The van der Waals surface area contributed by atoms with E-state index in [2.05, 4.69) is 4.74 Å². The average Bonchev–Trinajstić information content (AvgIpc) is 2.56. The first kappa shape index (κ1) is 20.9. The lowest BCUT2D eigenvalue weighted by Gasteiger charge is -2.20. The molecule has 0 aliphatic rings. The summed E-state index contributed by atoms with van der Waals surface area (Å²) in [7, 11) is 0.850. The molecule has 0 spiro atoms. The zero-order valence-electron chi connectivity index (χ0n) is 15.6. The summed E-state index contributed by atoms with van der Waals surface area (Å²) in [5, 5.41) is 0. The molecule has 0 saturated heterocycles. The van der Waals surface area contributed by atoms with Gasteiger partial charge in [-0.2, -0.15) is 0 Å². The van der Waals surface area contributed by atoms with Crippen LogP contribution in [-0.4, -0.2) is 32.4 Å². The Bertz CT molecular complexity index is 593. The quantitative estimate of drug-likeness (QED) is 0.292. The number of carbonyl (C=O) groups is 1. The van der Waals surface area contributed by atoms with E-state index in [1.807, 2.05) is 70.2 Å². The van der Waals surface area contributed by atoms with Crippen LogP contribution in [0.2, 0.25) is 0 Å². The van der Waals surface area contributed by atoms with Crippen LogP contribution in [0.25, 0.3) is 6.08 Å². The van der Waals surface area contributed by atoms with Crippen LogP contribution in [-0.2, 0) is 18.8 Å². The van der Waals surface area contributed by atoms with Gasteiger partial charge in [-0.1, -0.05) is 54.6 Å². The first-order valence-corrected chi connectivity index (χ1v) is 8.42. The molecule has 0 saturated carbocycles. The topological polar surface area (TPSA) is 44.8 Å². The van der Waals surface area contributed by atoms with Gasteiger partial charge in [0.2, 0.25) is 0 Å². The summed E-state index contributed by atoms with van der Waals surface area (Å²) in [6.45, 7) is 7.88. The van der Waals surface area contributed by atoms with E-state index in [1.165, 1.54) is 13.2 Å². The number of allylic oxidation sites excluding steroid dienone is 4. The van der Waals surface area contributed by atoms with E-state index in [0.717, 1.165) is 11.0 Å². The van der Waals surface area contributed by atoms with Gasteiger partial charge in [-0.15, -0.1) is 0 Å². The van der Waals surface area contributed by atoms with Crippen LogP contribution in [0.1, 0.15) is 33.3 Å². The number of rotatable bonds is 9. The first-order valence-electron chi connectivity index (χ1n) is 8.42. The van der Waals surface area contributed by atoms with Crippen LogP contribution in [0.3, 0.4) is 0 Å². The molecule has 0 atom stereocenters. The summed E-state index contributed by atoms with van der Waals surface area (Å²) < 4.78 is 16.5. The molecule has 25 heavy (non-hydrogen) atoms. The fraction of sp³-hybridized carbons (Fsp3) is 0.350. The fourth-order valence-electron chi connectivity index (χ4n) is 1.99. The molecule has 1 aromatic carbocycles. The van der Waals surface area contributed by atoms with E-state index < -0.39 is 13.1 Å². The molecule has 1 aromatic rings. The standard InChI is InChI=1S/C20H27BO4/c1-16(2)24-21(25-17(3)4)19(13-9-10-14-20(22)23-5)15-18-11-7-6-8-12-18/h6-17H,1-5H3/b13-9+,14-10+,19-15-. The SMILES string of the molecule is COC(=O)/C=C/C=C/C(=C/c1ccccc1)B(OC(C)C)OC(C)C. The molecule has 0 radical (unpaired) electrons. The Hall–Kier alpha value is -2.11. The Labute approximate surface area is 151 Å². The van der Waals surface area contributed by atoms with Crippen LogP contribution in [0, 0.1) is 0 Å². The Kier molecular flexibility index (Phi) is 9.59. The molecule has 0 unspecified atom stereocenters. The van der Waals surface area contributed by atoms with Crippen molar-refractivity contribution in [1.29, 1.82) is 0 Å². The zero-order valence-corrected chi connectivity index (χ0v) is 15.6. The molecule has 0 aliphatic carbocycles. The van der Waals surface area contributed by atoms with Crippen molar-refractivity contribution >= 4 is 19.2 Å². The Balaban J connectivity index is 3.11. The van der Waals surface area contributed by atoms with Crippen LogP contribution in [0.15, 0.2) is 60.1 Å². The molecule has 1 rings (SSSR count). The number of benzene rings is 1. The smallest absolute Gasteiger partial charge is 0.466 e. The van der Waals surface area contributed by atoms with Crippen LogP contribution in [0.5, 0.6) is 0 Å². The number of methoxy groups -OCH3 is 1. The molecule has 0 fully saturated rings. The van der Waals surface area contributed by atoms with Crippen molar-refractivity contribution < 1.29 is 18.8 Å². The summed E-state index contributed by atoms with van der Waals surface area (Å²) in [5.41, 5.74) is 1.91. The summed E-state index contributed by atoms with van der Waals surface area (Å²) in [6.07, 6.45) is 8.68. The number of carbonyl (C=O) groups excluding carboxylic acids is 1. The molecule has 0 aromatic heterocycles. The number of hydrogen-bond donors (Lipinski definition) is 0. The molecule has 0 aliphatic heterocycles. The minimum absolute atomic E-state index is 0.0157. The van der Waals surface area contributed by atoms with Gasteiger partial charge in [0, 0.05) is 18.3 Å². The predicted molar refractivity (Wildman–Crippen MR) is 103 cm³/mol. The molecule has 0 heterocycles. The van der Waals surface area contributed by atoms with Gasteiger partial charge in [0.05, 0.1) is 7.11 Å². The third-order valence-electron chi connectivity index (χ3n) is 3.03. The van der Waals surface area contributed by atoms with E-state index >= 15 is 0 Å². The minimum Gasteiger partial charge on any atom is -0.466 e. The Morgan fingerprint density at radius 2 is 1.52 bits per heavy atom. The van der Waals surface area contributed by atoms with Crippen LogP contribution in [0.4, 0.5) is 0 Å². The normalized spacial score (nSPS) is 12.5. The highest BCUT2D eigenvalue weighted by Crippen LogP contribution is 2.16. The van der Waals surface area contributed by atoms with Crippen LogP contribution < -0.4 is 0 Å². The molecule has 134 valence electrons. The van der Waals surface area contributed by atoms with Gasteiger partial charge in [-0.05, 0) is 38.7 Å². The van der Waals surface area contributed by atoms with Crippen molar-refractivity contribution in [3.63, 3.8) is 0 Å². The van der Waals surface area contributed by atoms with Gasteiger partial charge in [0.25, 0.3) is 0 Å². The van der Waals surface area contributed by atoms with Crippen molar-refractivity contribution in [1.82, 2.24) is 0 Å². The van der Waals surface area contributed by atoms with Crippen molar-refractivity contribution in [2.75, 3.05) is 7.11 Å². The van der Waals surface area contributed by atoms with Crippen LogP contribution >= 0.6 is 0 Å². The maximum atomic E-state index is 11.2. The molecule has 0 bridgehead atoms. The van der Waals surface area contributed by atoms with Gasteiger partial charge in [0.1, 0.15) is 0 Å². The lowest BCUT2D eigenvalue weighted by Crippen LogP contribution is -2.31. The summed E-state index contributed by atoms with van der Waals surface area (Å²) >= 11 is 0. The summed E-state index contributed by atoms with van der Waals surface area (Å²) in [5.74, 6) is -0.397. The third-order valence-corrected chi connectivity index (χ3v) is 3.03. The summed E-state index contributed by atoms with van der Waals surface area (Å²) in [6, 6.07) is 9.95. The molecule has 5 heteroatoms. The predicted octanol–water partition coefficient (Wildman–Crippen LogP) is 4.23. The molecule has 0 amide bonds. The van der Waals surface area contributed by atoms with Crippen molar-refractivity contribution in [2.45, 2.75) is 39.9 Å². The molecule has 4 nitrogen and oxygen atoms in total. The largest absolute Gasteiger partial charge is 0.494 e. The van der Waals surface area contributed by atoms with E-state index in [9.17, 15) is 4.79 Å². The monoisotopic (exact) mass is 342 g/mol. The fourth-order valence-corrected chi connectivity index (χ4v) is 1.99. The lowest BCUT2D eigenvalue weighted by atomic mass is 9.76. The van der Waals surface area contributed by atoms with Gasteiger partial charge >= 0.3 is 13.1 Å². The van der Waals surface area contributed by atoms with Gasteiger partial charge in [0.15, 0.2) is 0 Å². The van der Waals surface area contributed by atoms with Crippen molar-refractivity contribution in [3.05, 3.63) is 65.7 Å². The highest BCUT2D eigenvalue weighted by molar-refractivity contribution is 6.56. The van der Waals surface area contributed by atoms with Gasteiger partial charge in [-0.3, -0.25) is 0 Å². The van der Waals surface area contributed by atoms with E-state index in [0.29, 0.717) is 0 Å². The maximum Gasteiger partial charge on any atom is 0.494 e. The zero-order chi connectivity index (χ0) is 18.7. The summed E-state index contributed by atoms with van der Waals surface area (Å²) in [4.78, 5) is 11.2. The second kappa shape index (κ2) is 11.4. The first-order chi connectivity index (χ1) is 11.9. The second-order valence-electron chi connectivity index (χ2n) is 6.00. The third kappa shape index (κ3) is 9.08. The highest BCUT2D eigenvalue weighted by atomic mass is 16.6. The molecular weight excluding hydrogens is 315 g/mol. The molecular formula is C20H27BO4. The minimum atomic E-state index is -0.497.